The molecule has 0 spiro atoms. The fourth-order valence-corrected chi connectivity index (χ4v) is 9.99. The second kappa shape index (κ2) is 8.05. The molecule has 33 heavy (non-hydrogen) atoms. The molecule has 1 aromatic carbocycles. The summed E-state index contributed by atoms with van der Waals surface area (Å²) in [5.41, 5.74) is 3.67. The molecule has 5 aliphatic carbocycles. The van der Waals surface area contributed by atoms with E-state index >= 15 is 0 Å². The van der Waals surface area contributed by atoms with Crippen molar-refractivity contribution in [2.24, 2.45) is 23.0 Å². The monoisotopic (exact) mass is 537 g/mol. The molecule has 2 amide bonds. The van der Waals surface area contributed by atoms with E-state index in [0.29, 0.717) is 35.6 Å². The van der Waals surface area contributed by atoms with E-state index in [2.05, 4.69) is 26.0 Å². The van der Waals surface area contributed by atoms with Crippen molar-refractivity contribution in [1.29, 1.82) is 0 Å². The first kappa shape index (κ1) is 23.3. The van der Waals surface area contributed by atoms with Gasteiger partial charge in [0.2, 0.25) is 21.8 Å². The normalized spacial score (nSPS) is 34.7. The van der Waals surface area contributed by atoms with Gasteiger partial charge in [0.15, 0.2) is 0 Å². The quantitative estimate of drug-likeness (QED) is 0.515. The lowest BCUT2D eigenvalue weighted by Gasteiger charge is -2.61. The lowest BCUT2D eigenvalue weighted by Crippen LogP contribution is -2.69. The molecule has 1 aromatic rings. The van der Waals surface area contributed by atoms with E-state index < -0.39 is 26.5 Å². The van der Waals surface area contributed by atoms with Crippen molar-refractivity contribution in [3.63, 3.8) is 0 Å². The summed E-state index contributed by atoms with van der Waals surface area (Å²) in [5, 5.41) is 3.32. The molecule has 180 valence electrons. The smallest absolute Gasteiger partial charge is 0.242 e. The van der Waals surface area contributed by atoms with Crippen LogP contribution in [-0.4, -0.2) is 31.3 Å². The Hall–Kier alpha value is -1.45. The van der Waals surface area contributed by atoms with Crippen LogP contribution in [0.15, 0.2) is 33.6 Å². The number of hydrogen-bond donors (Lipinski definition) is 3. The molecule has 6 rings (SSSR count). The van der Waals surface area contributed by atoms with Crippen molar-refractivity contribution in [2.45, 2.75) is 86.6 Å². The molecule has 7 nitrogen and oxygen atoms in total. The standard InChI is InChI=1S/C24H32BrN3O4S/c25-18-6-2-3-7-19(18)33(31,32)28-24(8-4-1-5-9-24)21(30)27-23-13-16-10-17(14-23)12-22(11-16,15-23)20(26)29/h2-3,6-7,16-17,28H,1,4-5,8-15H2,(H2,26,29)(H,27,30). The van der Waals surface area contributed by atoms with E-state index in [-0.39, 0.29) is 16.7 Å². The summed E-state index contributed by atoms with van der Waals surface area (Å²) in [7, 11) is -3.92. The van der Waals surface area contributed by atoms with E-state index in [0.717, 1.165) is 51.4 Å². The van der Waals surface area contributed by atoms with Crippen LogP contribution in [0.5, 0.6) is 0 Å². The largest absolute Gasteiger partial charge is 0.369 e. The molecule has 4 bridgehead atoms. The highest BCUT2D eigenvalue weighted by molar-refractivity contribution is 9.10. The summed E-state index contributed by atoms with van der Waals surface area (Å²) in [6.07, 6.45) is 8.46. The SMILES string of the molecule is NC(=O)C12CC3CC(CC(NC(=O)C4(NS(=O)(=O)c5ccccc5Br)CCCCC4)(C3)C1)C2. The molecule has 0 aliphatic heterocycles. The molecule has 5 fully saturated rings. The molecule has 4 N–H and O–H groups in total. The molecule has 0 saturated heterocycles. The molecule has 0 heterocycles. The maximum absolute atomic E-state index is 13.9. The number of carbonyl (C=O) groups excluding carboxylic acids is 2. The van der Waals surface area contributed by atoms with Gasteiger partial charge in [0.25, 0.3) is 0 Å². The predicted octanol–water partition coefficient (Wildman–Crippen LogP) is 3.37. The summed E-state index contributed by atoms with van der Waals surface area (Å²) < 4.78 is 30.0. The lowest BCUT2D eigenvalue weighted by molar-refractivity contribution is -0.152. The number of amides is 2. The molecule has 5 aliphatic rings. The summed E-state index contributed by atoms with van der Waals surface area (Å²) >= 11 is 3.33. The van der Waals surface area contributed by atoms with Crippen molar-refractivity contribution < 1.29 is 18.0 Å². The number of benzene rings is 1. The summed E-state index contributed by atoms with van der Waals surface area (Å²) in [6.45, 7) is 0. The van der Waals surface area contributed by atoms with Gasteiger partial charge < -0.3 is 11.1 Å². The maximum Gasteiger partial charge on any atom is 0.242 e. The summed E-state index contributed by atoms with van der Waals surface area (Å²) in [4.78, 5) is 26.5. The van der Waals surface area contributed by atoms with Gasteiger partial charge in [-0.2, -0.15) is 4.72 Å². The van der Waals surface area contributed by atoms with Crippen LogP contribution >= 0.6 is 15.9 Å². The molecule has 9 heteroatoms. The van der Waals surface area contributed by atoms with Crippen LogP contribution in [0.25, 0.3) is 0 Å². The van der Waals surface area contributed by atoms with Gasteiger partial charge in [0, 0.05) is 10.0 Å². The number of nitrogens with two attached hydrogens (primary N) is 1. The number of carbonyl (C=O) groups is 2. The van der Waals surface area contributed by atoms with E-state index in [1.54, 1.807) is 18.2 Å². The highest BCUT2D eigenvalue weighted by Crippen LogP contribution is 2.61. The Labute approximate surface area is 203 Å². The maximum atomic E-state index is 13.9. The van der Waals surface area contributed by atoms with Gasteiger partial charge in [-0.3, -0.25) is 9.59 Å². The van der Waals surface area contributed by atoms with Crippen molar-refractivity contribution in [3.05, 3.63) is 28.7 Å². The van der Waals surface area contributed by atoms with E-state index in [1.807, 2.05) is 0 Å². The first-order chi connectivity index (χ1) is 15.6. The predicted molar refractivity (Wildman–Crippen MR) is 127 cm³/mol. The zero-order chi connectivity index (χ0) is 23.5. The fourth-order valence-electron chi connectivity index (χ4n) is 7.56. The van der Waals surface area contributed by atoms with Crippen molar-refractivity contribution in [3.8, 4) is 0 Å². The Morgan fingerprint density at radius 1 is 1.00 bits per heavy atom. The van der Waals surface area contributed by atoms with Gasteiger partial charge in [-0.1, -0.05) is 31.4 Å². The van der Waals surface area contributed by atoms with Gasteiger partial charge in [-0.25, -0.2) is 8.42 Å². The zero-order valence-electron chi connectivity index (χ0n) is 18.7. The summed E-state index contributed by atoms with van der Waals surface area (Å²) in [6, 6.07) is 6.65. The first-order valence-corrected chi connectivity index (χ1v) is 14.3. The number of rotatable bonds is 6. The van der Waals surface area contributed by atoms with Crippen LogP contribution < -0.4 is 15.8 Å². The minimum atomic E-state index is -3.92. The molecular weight excluding hydrogens is 506 g/mol. The highest BCUT2D eigenvalue weighted by atomic mass is 79.9. The average molecular weight is 539 g/mol. The summed E-state index contributed by atoms with van der Waals surface area (Å²) in [5.74, 6) is 0.272. The number of halogens is 1. The van der Waals surface area contributed by atoms with Gasteiger partial charge in [0.1, 0.15) is 5.54 Å². The zero-order valence-corrected chi connectivity index (χ0v) is 21.1. The Balaban J connectivity index is 1.44. The van der Waals surface area contributed by atoms with Crippen LogP contribution in [-0.2, 0) is 19.6 Å². The van der Waals surface area contributed by atoms with Gasteiger partial charge in [-0.05, 0) is 91.3 Å². The third-order valence-corrected chi connectivity index (χ3v) is 11.1. The van der Waals surface area contributed by atoms with Crippen LogP contribution in [0.4, 0.5) is 0 Å². The molecule has 2 atom stereocenters. The second-order valence-corrected chi connectivity index (χ2v) is 13.5. The van der Waals surface area contributed by atoms with Crippen molar-refractivity contribution in [1.82, 2.24) is 10.0 Å². The number of sulfonamides is 1. The molecule has 0 aromatic heterocycles. The van der Waals surface area contributed by atoms with Crippen LogP contribution in [0, 0.1) is 17.3 Å². The fraction of sp³-hybridized carbons (Fsp3) is 0.667. The van der Waals surface area contributed by atoms with Gasteiger partial charge in [-0.15, -0.1) is 0 Å². The van der Waals surface area contributed by atoms with Crippen LogP contribution in [0.2, 0.25) is 0 Å². The van der Waals surface area contributed by atoms with E-state index in [9.17, 15) is 18.0 Å². The number of nitrogens with one attached hydrogen (secondary N) is 2. The molecular formula is C24H32BrN3O4S. The van der Waals surface area contributed by atoms with Crippen molar-refractivity contribution >= 4 is 37.8 Å². The minimum absolute atomic E-state index is 0.130. The van der Waals surface area contributed by atoms with Crippen LogP contribution in [0.3, 0.4) is 0 Å². The Bertz CT molecular complexity index is 1070. The third-order valence-electron chi connectivity index (χ3n) is 8.56. The van der Waals surface area contributed by atoms with E-state index in [1.165, 1.54) is 6.07 Å². The second-order valence-electron chi connectivity index (χ2n) is 11.0. The average Bonchev–Trinajstić information content (AvgIpc) is 2.73. The number of primary amides is 1. The first-order valence-electron chi connectivity index (χ1n) is 12.0. The van der Waals surface area contributed by atoms with Crippen LogP contribution in [0.1, 0.15) is 70.6 Å². The van der Waals surface area contributed by atoms with Gasteiger partial charge >= 0.3 is 0 Å². The minimum Gasteiger partial charge on any atom is -0.369 e. The highest BCUT2D eigenvalue weighted by Gasteiger charge is 2.61. The Morgan fingerprint density at radius 3 is 2.24 bits per heavy atom. The lowest BCUT2D eigenvalue weighted by atomic mass is 9.46. The van der Waals surface area contributed by atoms with E-state index in [4.69, 9.17) is 5.73 Å². The van der Waals surface area contributed by atoms with Crippen molar-refractivity contribution in [2.75, 3.05) is 0 Å². The topological polar surface area (TPSA) is 118 Å². The number of hydrogen-bond acceptors (Lipinski definition) is 4. The molecule has 5 saturated carbocycles. The Kier molecular flexibility index (Phi) is 5.69. The van der Waals surface area contributed by atoms with Gasteiger partial charge in [0.05, 0.1) is 10.3 Å². The molecule has 0 radical (unpaired) electrons. The third kappa shape index (κ3) is 4.04. The molecule has 2 unspecified atom stereocenters. The Morgan fingerprint density at radius 2 is 1.64 bits per heavy atom.